The molecule has 1 unspecified atom stereocenters. The maximum atomic E-state index is 13.3. The Labute approximate surface area is 349 Å². The van der Waals surface area contributed by atoms with Crippen molar-refractivity contribution in [2.75, 3.05) is 26.3 Å². The van der Waals surface area contributed by atoms with Crippen molar-refractivity contribution in [2.24, 2.45) is 5.41 Å². The van der Waals surface area contributed by atoms with Gasteiger partial charge in [-0.15, -0.1) is 18.8 Å². The molecular formula is C45H41BrClF2N7O2. The quantitative estimate of drug-likeness (QED) is 0.159. The molecule has 3 N–H and O–H groups in total. The number of rotatable bonds is 0. The van der Waals surface area contributed by atoms with Crippen LogP contribution in [0.15, 0.2) is 99.0 Å². The van der Waals surface area contributed by atoms with E-state index in [1.165, 1.54) is 24.3 Å². The van der Waals surface area contributed by atoms with Gasteiger partial charge in [0.15, 0.2) is 0 Å². The van der Waals surface area contributed by atoms with Crippen LogP contribution in [0.5, 0.6) is 0 Å². The lowest BCUT2D eigenvalue weighted by Crippen LogP contribution is -2.56. The van der Waals surface area contributed by atoms with Crippen molar-refractivity contribution in [1.29, 1.82) is 0 Å². The average molecular weight is 865 g/mol. The summed E-state index contributed by atoms with van der Waals surface area (Å²) in [6, 6.07) is 23.3. The van der Waals surface area contributed by atoms with Crippen LogP contribution in [0.2, 0.25) is 0 Å². The summed E-state index contributed by atoms with van der Waals surface area (Å²) in [6.45, 7) is 5.29. The summed E-state index contributed by atoms with van der Waals surface area (Å²) in [5.74, 6) is 9.54. The highest BCUT2D eigenvalue weighted by atomic mass is 79.9. The molecule has 1 atom stereocenters. The molecule has 58 heavy (non-hydrogen) atoms. The zero-order chi connectivity index (χ0) is 39.6. The standard InChI is InChI=1S/C23H20FN3O.C14H15BrN4O.C8H5F.ClH/c24-18-3-1-2-16(12-18)4-5-17-6-7-19-20(13-17)26-21-14-23(8-10-25-11-9-23)15-27(21)22(19)28;15-9-1-2-10-11(5-9)18-12-6-14(3-4-16-8-17-14)7-19(12)13(10)20;1-2-7-4-3-5-8(9)6-7;/h1-3,6-7,12-13,25H,8-11,14-15H2;1-2,5,16-17H,3-4,6-8H2;1,3-6H;1H. The second-order valence-electron chi connectivity index (χ2n) is 15.1. The van der Waals surface area contributed by atoms with Crippen molar-refractivity contribution in [3.8, 4) is 24.2 Å². The Hall–Kier alpha value is -5.21. The van der Waals surface area contributed by atoms with Crippen molar-refractivity contribution in [3.05, 3.63) is 150 Å². The second-order valence-corrected chi connectivity index (χ2v) is 16.1. The SMILES string of the molecule is C#Cc1cccc(F)c1.Cl.O=c1c2ccc(Br)cc2nc2n1CC1(CCNCN1)C2.O=c1c2ccc(C#Cc3cccc(F)c3)cc2nc2n1CC1(CCNCC1)C2. The number of hydrogen-bond donors (Lipinski definition) is 3. The molecule has 0 amide bonds. The summed E-state index contributed by atoms with van der Waals surface area (Å²) < 4.78 is 30.2. The Morgan fingerprint density at radius 2 is 1.28 bits per heavy atom. The van der Waals surface area contributed by atoms with Gasteiger partial charge in [0.05, 0.1) is 21.8 Å². The summed E-state index contributed by atoms with van der Waals surface area (Å²) in [6.07, 6.45) is 9.87. The van der Waals surface area contributed by atoms with E-state index in [-0.39, 0.29) is 46.1 Å². The summed E-state index contributed by atoms with van der Waals surface area (Å²) in [4.78, 5) is 35.1. The van der Waals surface area contributed by atoms with Gasteiger partial charge < -0.3 is 10.6 Å². The van der Waals surface area contributed by atoms with Crippen LogP contribution in [0.4, 0.5) is 8.78 Å². The largest absolute Gasteiger partial charge is 0.317 e. The minimum Gasteiger partial charge on any atom is -0.317 e. The number of terminal acetylenes is 1. The molecular weight excluding hydrogens is 824 g/mol. The molecule has 2 saturated heterocycles. The highest BCUT2D eigenvalue weighted by Crippen LogP contribution is 2.39. The van der Waals surface area contributed by atoms with Crippen molar-refractivity contribution >= 4 is 50.1 Å². The lowest BCUT2D eigenvalue weighted by molar-refractivity contribution is 0.198. The van der Waals surface area contributed by atoms with Crippen molar-refractivity contribution < 1.29 is 8.78 Å². The van der Waals surface area contributed by atoms with Gasteiger partial charge in [-0.1, -0.05) is 45.8 Å². The fourth-order valence-electron chi connectivity index (χ4n) is 8.19. The predicted molar refractivity (Wildman–Crippen MR) is 229 cm³/mol. The molecule has 2 spiro atoms. The Balaban J connectivity index is 0.000000148. The highest BCUT2D eigenvalue weighted by molar-refractivity contribution is 9.10. The molecule has 4 aliphatic rings. The van der Waals surface area contributed by atoms with Gasteiger partial charge in [-0.3, -0.25) is 24.0 Å². The van der Waals surface area contributed by atoms with Crippen molar-refractivity contribution in [2.45, 2.75) is 50.7 Å². The van der Waals surface area contributed by atoms with Crippen molar-refractivity contribution in [1.82, 2.24) is 35.1 Å². The molecule has 10 rings (SSSR count). The third-order valence-electron chi connectivity index (χ3n) is 11.2. The predicted octanol–water partition coefficient (Wildman–Crippen LogP) is 6.08. The molecule has 9 nitrogen and oxygen atoms in total. The third kappa shape index (κ3) is 8.77. The Kier molecular flexibility index (Phi) is 12.2. The molecule has 2 fully saturated rings. The lowest BCUT2D eigenvalue weighted by Gasteiger charge is -2.34. The molecule has 0 radical (unpaired) electrons. The monoisotopic (exact) mass is 863 g/mol. The molecule has 0 saturated carbocycles. The van der Waals surface area contributed by atoms with Crippen LogP contribution >= 0.6 is 28.3 Å². The maximum absolute atomic E-state index is 13.3. The molecule has 0 bridgehead atoms. The van der Waals surface area contributed by atoms with Gasteiger partial charge in [-0.2, -0.15) is 0 Å². The van der Waals surface area contributed by atoms with Crippen LogP contribution in [-0.2, 0) is 25.9 Å². The van der Waals surface area contributed by atoms with Crippen LogP contribution < -0.4 is 27.1 Å². The third-order valence-corrected chi connectivity index (χ3v) is 11.7. The lowest BCUT2D eigenvalue weighted by atomic mass is 9.78. The van der Waals surface area contributed by atoms with E-state index in [4.69, 9.17) is 16.4 Å². The molecule has 0 aliphatic carbocycles. The molecule has 4 aromatic carbocycles. The first-order valence-corrected chi connectivity index (χ1v) is 19.8. The molecule has 13 heteroatoms. The molecule has 6 aromatic rings. The van der Waals surface area contributed by atoms with E-state index in [1.807, 2.05) is 39.5 Å². The average Bonchev–Trinajstić information content (AvgIpc) is 3.75. The van der Waals surface area contributed by atoms with E-state index in [2.05, 4.69) is 49.6 Å². The molecule has 296 valence electrons. The van der Waals surface area contributed by atoms with Crippen LogP contribution in [-0.4, -0.2) is 50.9 Å². The Bertz CT molecular complexity index is 2740. The number of hydrogen-bond acceptors (Lipinski definition) is 7. The first-order valence-electron chi connectivity index (χ1n) is 19.0. The summed E-state index contributed by atoms with van der Waals surface area (Å²) in [5.41, 5.74) is 3.72. The van der Waals surface area contributed by atoms with Gasteiger partial charge >= 0.3 is 0 Å². The number of nitrogens with zero attached hydrogens (tertiary/aromatic N) is 4. The number of nitrogens with one attached hydrogen (secondary N) is 3. The Morgan fingerprint density at radius 3 is 1.91 bits per heavy atom. The highest BCUT2D eigenvalue weighted by Gasteiger charge is 2.41. The van der Waals surface area contributed by atoms with E-state index in [0.717, 1.165) is 98.7 Å². The number of halogens is 4. The number of aromatic nitrogens is 4. The van der Waals surface area contributed by atoms with Gasteiger partial charge in [0.1, 0.15) is 23.3 Å². The van der Waals surface area contributed by atoms with Gasteiger partial charge in [0, 0.05) is 59.3 Å². The zero-order valence-electron chi connectivity index (χ0n) is 31.6. The molecule has 2 aromatic heterocycles. The minimum atomic E-state index is -0.303. The van der Waals surface area contributed by atoms with E-state index in [9.17, 15) is 18.4 Å². The van der Waals surface area contributed by atoms with Gasteiger partial charge in [-0.05, 0) is 117 Å². The number of fused-ring (bicyclic) bond motifs is 4. The summed E-state index contributed by atoms with van der Waals surface area (Å²) in [5, 5.41) is 11.5. The summed E-state index contributed by atoms with van der Waals surface area (Å²) >= 11 is 3.44. The Morgan fingerprint density at radius 1 is 0.690 bits per heavy atom. The van der Waals surface area contributed by atoms with Crippen LogP contribution in [0.3, 0.4) is 0 Å². The van der Waals surface area contributed by atoms with E-state index in [0.29, 0.717) is 27.4 Å². The van der Waals surface area contributed by atoms with E-state index in [1.54, 1.807) is 30.3 Å². The smallest absolute Gasteiger partial charge is 0.261 e. The first kappa shape index (κ1) is 41.0. The minimum absolute atomic E-state index is 0. The van der Waals surface area contributed by atoms with Gasteiger partial charge in [0.25, 0.3) is 11.1 Å². The second kappa shape index (κ2) is 17.3. The number of benzene rings is 4. The molecule has 6 heterocycles. The maximum Gasteiger partial charge on any atom is 0.261 e. The zero-order valence-corrected chi connectivity index (χ0v) is 34.0. The van der Waals surface area contributed by atoms with Crippen LogP contribution in [0, 0.1) is 41.2 Å². The van der Waals surface area contributed by atoms with Gasteiger partial charge in [-0.25, -0.2) is 18.7 Å². The van der Waals surface area contributed by atoms with Crippen molar-refractivity contribution in [3.63, 3.8) is 0 Å². The normalized spacial score (nSPS) is 18.4. The fraction of sp³-hybridized carbons (Fsp3) is 0.289. The summed E-state index contributed by atoms with van der Waals surface area (Å²) in [7, 11) is 0. The van der Waals surface area contributed by atoms with Crippen LogP contribution in [0.25, 0.3) is 21.8 Å². The first-order chi connectivity index (χ1) is 27.6. The fourth-order valence-corrected chi connectivity index (χ4v) is 8.54. The van der Waals surface area contributed by atoms with Crippen LogP contribution in [0.1, 0.15) is 47.6 Å². The topological polar surface area (TPSA) is 106 Å². The van der Waals surface area contributed by atoms with E-state index < -0.39 is 0 Å². The number of piperidine rings is 1. The van der Waals surface area contributed by atoms with E-state index >= 15 is 0 Å². The molecule has 4 aliphatic heterocycles. The van der Waals surface area contributed by atoms with Gasteiger partial charge in [0.2, 0.25) is 0 Å².